The summed E-state index contributed by atoms with van der Waals surface area (Å²) < 4.78 is 1.81. The predicted octanol–water partition coefficient (Wildman–Crippen LogP) is 3.86. The van der Waals surface area contributed by atoms with Gasteiger partial charge < -0.3 is 5.11 Å². The summed E-state index contributed by atoms with van der Waals surface area (Å²) in [6.07, 6.45) is 0.619. The SMILES string of the molecule is CCc1c(C(=O)O)c(-c2ccccc2)nn1Cc1ccccc1. The average molecular weight is 306 g/mol. The number of rotatable bonds is 5. The van der Waals surface area contributed by atoms with Gasteiger partial charge in [0.25, 0.3) is 0 Å². The Balaban J connectivity index is 2.12. The Hall–Kier alpha value is -2.88. The summed E-state index contributed by atoms with van der Waals surface area (Å²) in [6, 6.07) is 19.4. The number of hydrogen-bond donors (Lipinski definition) is 1. The van der Waals surface area contributed by atoms with Gasteiger partial charge in [-0.25, -0.2) is 4.79 Å². The van der Waals surface area contributed by atoms with Crippen molar-refractivity contribution in [2.24, 2.45) is 0 Å². The maximum Gasteiger partial charge on any atom is 0.339 e. The second kappa shape index (κ2) is 6.48. The maximum absolute atomic E-state index is 11.8. The Kier molecular flexibility index (Phi) is 4.24. The first-order chi connectivity index (χ1) is 11.2. The van der Waals surface area contributed by atoms with E-state index in [4.69, 9.17) is 0 Å². The van der Waals surface area contributed by atoms with Crippen LogP contribution in [0.4, 0.5) is 0 Å². The van der Waals surface area contributed by atoms with Crippen LogP contribution in [0.1, 0.15) is 28.5 Å². The van der Waals surface area contributed by atoms with Crippen LogP contribution in [0.25, 0.3) is 11.3 Å². The van der Waals surface area contributed by atoms with Crippen molar-refractivity contribution in [3.05, 3.63) is 77.5 Å². The summed E-state index contributed by atoms with van der Waals surface area (Å²) in [4.78, 5) is 11.8. The number of aromatic carboxylic acids is 1. The van der Waals surface area contributed by atoms with Crippen LogP contribution in [0.15, 0.2) is 60.7 Å². The van der Waals surface area contributed by atoms with Gasteiger partial charge in [0.1, 0.15) is 11.3 Å². The van der Waals surface area contributed by atoms with Crippen LogP contribution in [0.3, 0.4) is 0 Å². The van der Waals surface area contributed by atoms with E-state index >= 15 is 0 Å². The lowest BCUT2D eigenvalue weighted by Crippen LogP contribution is -2.08. The summed E-state index contributed by atoms with van der Waals surface area (Å²) in [6.45, 7) is 2.52. The van der Waals surface area contributed by atoms with E-state index in [1.54, 1.807) is 4.68 Å². The van der Waals surface area contributed by atoms with E-state index in [1.165, 1.54) is 0 Å². The van der Waals surface area contributed by atoms with Crippen molar-refractivity contribution in [1.29, 1.82) is 0 Å². The van der Waals surface area contributed by atoms with Gasteiger partial charge in [0.05, 0.1) is 12.2 Å². The zero-order valence-corrected chi connectivity index (χ0v) is 12.9. The van der Waals surface area contributed by atoms with Crippen LogP contribution in [0.5, 0.6) is 0 Å². The first-order valence-electron chi connectivity index (χ1n) is 7.63. The number of aromatic nitrogens is 2. The highest BCUT2D eigenvalue weighted by atomic mass is 16.4. The van der Waals surface area contributed by atoms with E-state index in [1.807, 2.05) is 67.6 Å². The molecule has 0 aliphatic rings. The van der Waals surface area contributed by atoms with Crippen molar-refractivity contribution in [2.45, 2.75) is 19.9 Å². The summed E-state index contributed by atoms with van der Waals surface area (Å²) >= 11 is 0. The minimum absolute atomic E-state index is 0.301. The van der Waals surface area contributed by atoms with Crippen molar-refractivity contribution < 1.29 is 9.90 Å². The molecule has 0 aliphatic heterocycles. The van der Waals surface area contributed by atoms with Crippen molar-refractivity contribution in [2.75, 3.05) is 0 Å². The molecule has 4 nitrogen and oxygen atoms in total. The number of carbonyl (C=O) groups is 1. The molecule has 0 fully saturated rings. The largest absolute Gasteiger partial charge is 0.478 e. The highest BCUT2D eigenvalue weighted by Crippen LogP contribution is 2.26. The summed E-state index contributed by atoms with van der Waals surface area (Å²) in [7, 11) is 0. The zero-order chi connectivity index (χ0) is 16.2. The van der Waals surface area contributed by atoms with Crippen LogP contribution in [0, 0.1) is 0 Å². The third-order valence-corrected chi connectivity index (χ3v) is 3.83. The van der Waals surface area contributed by atoms with Crippen LogP contribution >= 0.6 is 0 Å². The highest BCUT2D eigenvalue weighted by Gasteiger charge is 2.23. The molecule has 3 aromatic rings. The monoisotopic (exact) mass is 306 g/mol. The first kappa shape index (κ1) is 15.0. The molecule has 116 valence electrons. The Morgan fingerprint density at radius 3 is 2.22 bits per heavy atom. The van der Waals surface area contributed by atoms with Crippen molar-refractivity contribution in [3.8, 4) is 11.3 Å². The fraction of sp³-hybridized carbons (Fsp3) is 0.158. The Labute approximate surface area is 135 Å². The second-order valence-corrected chi connectivity index (χ2v) is 5.34. The molecule has 0 amide bonds. The Morgan fingerprint density at radius 2 is 1.65 bits per heavy atom. The summed E-state index contributed by atoms with van der Waals surface area (Å²) in [5, 5.41) is 14.3. The Morgan fingerprint density at radius 1 is 1.04 bits per heavy atom. The van der Waals surface area contributed by atoms with E-state index in [2.05, 4.69) is 5.10 Å². The minimum atomic E-state index is -0.931. The fourth-order valence-electron chi connectivity index (χ4n) is 2.77. The second-order valence-electron chi connectivity index (χ2n) is 5.34. The maximum atomic E-state index is 11.8. The van der Waals surface area contributed by atoms with Gasteiger partial charge in [-0.1, -0.05) is 67.6 Å². The summed E-state index contributed by atoms with van der Waals surface area (Å²) in [5.41, 5.74) is 3.51. The lowest BCUT2D eigenvalue weighted by Gasteiger charge is -2.06. The van der Waals surface area contributed by atoms with E-state index in [9.17, 15) is 9.90 Å². The van der Waals surface area contributed by atoms with Gasteiger partial charge in [-0.3, -0.25) is 4.68 Å². The molecular weight excluding hydrogens is 288 g/mol. The van der Waals surface area contributed by atoms with Crippen molar-refractivity contribution in [1.82, 2.24) is 9.78 Å². The van der Waals surface area contributed by atoms with E-state index in [-0.39, 0.29) is 0 Å². The number of hydrogen-bond acceptors (Lipinski definition) is 2. The van der Waals surface area contributed by atoms with Gasteiger partial charge in [0.15, 0.2) is 0 Å². The first-order valence-corrected chi connectivity index (χ1v) is 7.63. The molecule has 2 aromatic carbocycles. The summed E-state index contributed by atoms with van der Waals surface area (Å²) in [5.74, 6) is -0.931. The molecule has 1 heterocycles. The van der Waals surface area contributed by atoms with E-state index < -0.39 is 5.97 Å². The van der Waals surface area contributed by atoms with E-state index in [0.717, 1.165) is 16.8 Å². The lowest BCUT2D eigenvalue weighted by atomic mass is 10.0. The molecular formula is C19H18N2O2. The topological polar surface area (TPSA) is 55.1 Å². The molecule has 3 rings (SSSR count). The molecule has 4 heteroatoms. The Bertz CT molecular complexity index is 808. The molecule has 0 saturated heterocycles. The van der Waals surface area contributed by atoms with Gasteiger partial charge in [-0.15, -0.1) is 0 Å². The zero-order valence-electron chi connectivity index (χ0n) is 12.9. The lowest BCUT2D eigenvalue weighted by molar-refractivity contribution is 0.0696. The van der Waals surface area contributed by atoms with Gasteiger partial charge in [-0.05, 0) is 12.0 Å². The molecule has 0 aliphatic carbocycles. The highest BCUT2D eigenvalue weighted by molar-refractivity contribution is 5.96. The smallest absolute Gasteiger partial charge is 0.339 e. The van der Waals surface area contributed by atoms with Crippen LogP contribution in [-0.4, -0.2) is 20.9 Å². The van der Waals surface area contributed by atoms with E-state index in [0.29, 0.717) is 24.2 Å². The van der Waals surface area contributed by atoms with Gasteiger partial charge in [0, 0.05) is 5.56 Å². The standard InChI is InChI=1S/C19H18N2O2/c1-2-16-17(19(22)23)18(15-11-7-4-8-12-15)20-21(16)13-14-9-5-3-6-10-14/h3-12H,2,13H2,1H3,(H,22,23). The molecule has 0 spiro atoms. The van der Waals surface area contributed by atoms with Gasteiger partial charge >= 0.3 is 5.97 Å². The van der Waals surface area contributed by atoms with Gasteiger partial charge in [-0.2, -0.15) is 5.10 Å². The predicted molar refractivity (Wildman–Crippen MR) is 89.5 cm³/mol. The molecule has 1 aromatic heterocycles. The molecule has 0 radical (unpaired) electrons. The number of benzene rings is 2. The quantitative estimate of drug-likeness (QED) is 0.778. The molecule has 23 heavy (non-hydrogen) atoms. The molecule has 1 N–H and O–H groups in total. The molecule has 0 bridgehead atoms. The third-order valence-electron chi connectivity index (χ3n) is 3.83. The van der Waals surface area contributed by atoms with Crippen LogP contribution in [-0.2, 0) is 13.0 Å². The third kappa shape index (κ3) is 3.01. The number of carboxylic acids is 1. The van der Waals surface area contributed by atoms with Crippen LogP contribution < -0.4 is 0 Å². The number of nitrogens with zero attached hydrogens (tertiary/aromatic N) is 2. The molecule has 0 atom stereocenters. The van der Waals surface area contributed by atoms with Crippen LogP contribution in [0.2, 0.25) is 0 Å². The normalized spacial score (nSPS) is 10.7. The minimum Gasteiger partial charge on any atom is -0.478 e. The average Bonchev–Trinajstić information content (AvgIpc) is 2.95. The van der Waals surface area contributed by atoms with Crippen molar-refractivity contribution in [3.63, 3.8) is 0 Å². The van der Waals surface area contributed by atoms with Gasteiger partial charge in [0.2, 0.25) is 0 Å². The molecule has 0 unspecified atom stereocenters. The fourth-order valence-corrected chi connectivity index (χ4v) is 2.77. The van der Waals surface area contributed by atoms with Crippen molar-refractivity contribution >= 4 is 5.97 Å². The molecule has 0 saturated carbocycles. The number of carboxylic acid groups (broad SMARTS) is 1.